The van der Waals surface area contributed by atoms with Crippen LogP contribution in [0.15, 0.2) is 66.7 Å². The molecule has 0 saturated heterocycles. The smallest absolute Gasteiger partial charge is 0.310 e. The average molecular weight is 458 g/mol. The van der Waals surface area contributed by atoms with Gasteiger partial charge in [0.15, 0.2) is 0 Å². The molecule has 0 bridgehead atoms. The normalized spacial score (nSPS) is 11.2. The minimum atomic E-state index is -0.263. The van der Waals surface area contributed by atoms with E-state index in [-0.39, 0.29) is 18.4 Å². The quantitative estimate of drug-likeness (QED) is 0.339. The zero-order valence-corrected chi connectivity index (χ0v) is 20.0. The van der Waals surface area contributed by atoms with Crippen molar-refractivity contribution in [3.8, 4) is 16.9 Å². The molecular formula is C28H31N3O3. The van der Waals surface area contributed by atoms with Crippen LogP contribution in [0.3, 0.4) is 0 Å². The zero-order chi connectivity index (χ0) is 24.1. The third-order valence-corrected chi connectivity index (χ3v) is 5.76. The number of carbonyl (C=O) groups is 1. The lowest BCUT2D eigenvalue weighted by molar-refractivity contribution is -0.142. The Bertz CT molecular complexity index is 1290. The number of fused-ring (bicyclic) bond motifs is 1. The molecule has 4 rings (SSSR count). The number of hydrogen-bond donors (Lipinski definition) is 1. The molecule has 0 unspecified atom stereocenters. The molecule has 34 heavy (non-hydrogen) atoms. The zero-order valence-electron chi connectivity index (χ0n) is 20.0. The van der Waals surface area contributed by atoms with Gasteiger partial charge >= 0.3 is 5.97 Å². The molecule has 6 heteroatoms. The summed E-state index contributed by atoms with van der Waals surface area (Å²) in [5, 5.41) is 5.88. The maximum Gasteiger partial charge on any atom is 0.310 e. The molecule has 0 aliphatic heterocycles. The largest absolute Gasteiger partial charge is 0.487 e. The first-order valence-electron chi connectivity index (χ1n) is 11.7. The number of benzene rings is 3. The van der Waals surface area contributed by atoms with Crippen LogP contribution in [0.1, 0.15) is 43.6 Å². The van der Waals surface area contributed by atoms with Crippen molar-refractivity contribution in [2.24, 2.45) is 5.73 Å². The Labute approximate surface area is 200 Å². The molecule has 1 heterocycles. The summed E-state index contributed by atoms with van der Waals surface area (Å²) in [7, 11) is 0. The van der Waals surface area contributed by atoms with Crippen LogP contribution in [0.25, 0.3) is 22.0 Å². The maximum absolute atomic E-state index is 12.0. The van der Waals surface area contributed by atoms with Crippen LogP contribution < -0.4 is 10.5 Å². The van der Waals surface area contributed by atoms with Gasteiger partial charge in [0.25, 0.3) is 0 Å². The van der Waals surface area contributed by atoms with Crippen LogP contribution in [-0.2, 0) is 29.1 Å². The number of ether oxygens (including phenoxy) is 2. The molecule has 0 amide bonds. The molecule has 1 aromatic heterocycles. The van der Waals surface area contributed by atoms with Gasteiger partial charge in [-0.15, -0.1) is 0 Å². The summed E-state index contributed by atoms with van der Waals surface area (Å²) in [6.07, 6.45) is 0.176. The van der Waals surface area contributed by atoms with Gasteiger partial charge < -0.3 is 15.2 Å². The molecule has 3 aromatic carbocycles. The summed E-state index contributed by atoms with van der Waals surface area (Å²) in [5.74, 6) is 0.410. The van der Waals surface area contributed by atoms with Gasteiger partial charge in [-0.2, -0.15) is 5.10 Å². The SMILES string of the molecule is CCOC(=O)Cc1ccccc1OCc1c2cc(-c3cccc(CN)c3)ccc2nn1C(C)C. The number of para-hydroxylation sites is 1. The lowest BCUT2D eigenvalue weighted by Gasteiger charge is -2.14. The van der Waals surface area contributed by atoms with E-state index in [2.05, 4.69) is 44.2 Å². The minimum absolute atomic E-state index is 0.171. The summed E-state index contributed by atoms with van der Waals surface area (Å²) < 4.78 is 13.4. The van der Waals surface area contributed by atoms with E-state index in [1.54, 1.807) is 6.92 Å². The van der Waals surface area contributed by atoms with Crippen molar-refractivity contribution in [2.45, 2.75) is 46.4 Å². The number of carbonyl (C=O) groups excluding carboxylic acids is 1. The Hall–Kier alpha value is -3.64. The van der Waals surface area contributed by atoms with Gasteiger partial charge in [-0.05, 0) is 61.7 Å². The van der Waals surface area contributed by atoms with Crippen LogP contribution in [-0.4, -0.2) is 22.4 Å². The lowest BCUT2D eigenvalue weighted by atomic mass is 10.0. The van der Waals surface area contributed by atoms with Crippen molar-refractivity contribution in [3.63, 3.8) is 0 Å². The summed E-state index contributed by atoms with van der Waals surface area (Å²) >= 11 is 0. The highest BCUT2D eigenvalue weighted by molar-refractivity contribution is 5.87. The molecule has 2 N–H and O–H groups in total. The number of hydrogen-bond acceptors (Lipinski definition) is 5. The topological polar surface area (TPSA) is 79.4 Å². The van der Waals surface area contributed by atoms with Crippen LogP contribution in [0.4, 0.5) is 0 Å². The molecule has 0 fully saturated rings. The highest BCUT2D eigenvalue weighted by Crippen LogP contribution is 2.30. The van der Waals surface area contributed by atoms with E-state index in [0.29, 0.717) is 25.5 Å². The molecule has 0 aliphatic carbocycles. The number of nitrogens with two attached hydrogens (primary N) is 1. The van der Waals surface area contributed by atoms with Crippen molar-refractivity contribution in [1.29, 1.82) is 0 Å². The minimum Gasteiger partial charge on any atom is -0.487 e. The summed E-state index contributed by atoms with van der Waals surface area (Å²) in [4.78, 5) is 12.0. The second kappa shape index (κ2) is 10.5. The van der Waals surface area contributed by atoms with Gasteiger partial charge in [-0.25, -0.2) is 0 Å². The Morgan fingerprint density at radius 2 is 1.82 bits per heavy atom. The van der Waals surface area contributed by atoms with Crippen molar-refractivity contribution in [3.05, 3.63) is 83.6 Å². The predicted octanol–water partition coefficient (Wildman–Crippen LogP) is 5.43. The number of aromatic nitrogens is 2. The van der Waals surface area contributed by atoms with E-state index in [9.17, 15) is 4.79 Å². The Morgan fingerprint density at radius 3 is 2.59 bits per heavy atom. The standard InChI is InChI=1S/C28H31N3O3/c1-4-33-28(32)16-23-9-5-6-11-27(23)34-18-26-24-15-22(21-10-7-8-20(14-21)17-29)12-13-25(24)30-31(26)19(2)3/h5-15,19H,4,16-18,29H2,1-3H3. The molecule has 0 aliphatic rings. The van der Waals surface area contributed by atoms with Crippen LogP contribution in [0, 0.1) is 0 Å². The van der Waals surface area contributed by atoms with Gasteiger partial charge in [-0.3, -0.25) is 9.48 Å². The molecular weight excluding hydrogens is 426 g/mol. The Kier molecular flexibility index (Phi) is 7.28. The molecule has 176 valence electrons. The van der Waals surface area contributed by atoms with E-state index >= 15 is 0 Å². The Morgan fingerprint density at radius 1 is 1.03 bits per heavy atom. The van der Waals surface area contributed by atoms with Crippen LogP contribution in [0.5, 0.6) is 5.75 Å². The first-order valence-corrected chi connectivity index (χ1v) is 11.7. The first kappa shape index (κ1) is 23.5. The van der Waals surface area contributed by atoms with Crippen LogP contribution >= 0.6 is 0 Å². The van der Waals surface area contributed by atoms with Crippen molar-refractivity contribution in [1.82, 2.24) is 9.78 Å². The van der Waals surface area contributed by atoms with Gasteiger partial charge in [-0.1, -0.05) is 42.5 Å². The van der Waals surface area contributed by atoms with E-state index in [0.717, 1.165) is 38.9 Å². The predicted molar refractivity (Wildman–Crippen MR) is 135 cm³/mol. The third-order valence-electron chi connectivity index (χ3n) is 5.76. The molecule has 0 radical (unpaired) electrons. The van der Waals surface area contributed by atoms with Gasteiger partial charge in [0, 0.05) is 23.5 Å². The van der Waals surface area contributed by atoms with Crippen LogP contribution in [0.2, 0.25) is 0 Å². The third kappa shape index (κ3) is 5.13. The molecule has 0 spiro atoms. The van der Waals surface area contributed by atoms with Gasteiger partial charge in [0.2, 0.25) is 0 Å². The maximum atomic E-state index is 12.0. The number of rotatable bonds is 9. The highest BCUT2D eigenvalue weighted by atomic mass is 16.5. The second-order valence-electron chi connectivity index (χ2n) is 8.50. The summed E-state index contributed by atoms with van der Waals surface area (Å²) in [5.41, 5.74) is 11.9. The lowest BCUT2D eigenvalue weighted by Crippen LogP contribution is -2.12. The van der Waals surface area contributed by atoms with E-state index in [1.807, 2.05) is 41.1 Å². The Balaban J connectivity index is 1.68. The fraction of sp³-hybridized carbons (Fsp3) is 0.286. The fourth-order valence-corrected chi connectivity index (χ4v) is 4.09. The van der Waals surface area contributed by atoms with E-state index < -0.39 is 0 Å². The number of nitrogens with zero attached hydrogens (tertiary/aromatic N) is 2. The van der Waals surface area contributed by atoms with Gasteiger partial charge in [0.05, 0.1) is 24.2 Å². The molecule has 6 nitrogen and oxygen atoms in total. The van der Waals surface area contributed by atoms with Crippen molar-refractivity contribution in [2.75, 3.05) is 6.61 Å². The van der Waals surface area contributed by atoms with E-state index in [4.69, 9.17) is 20.3 Å². The number of esters is 1. The summed E-state index contributed by atoms with van der Waals surface area (Å²) in [6, 6.07) is 22.3. The molecule has 0 atom stereocenters. The fourth-order valence-electron chi connectivity index (χ4n) is 4.09. The second-order valence-corrected chi connectivity index (χ2v) is 8.50. The highest BCUT2D eigenvalue weighted by Gasteiger charge is 2.17. The molecule has 0 saturated carbocycles. The monoisotopic (exact) mass is 457 g/mol. The van der Waals surface area contributed by atoms with E-state index in [1.165, 1.54) is 0 Å². The van der Waals surface area contributed by atoms with Gasteiger partial charge in [0.1, 0.15) is 12.4 Å². The average Bonchev–Trinajstić information content (AvgIpc) is 3.22. The first-order chi connectivity index (χ1) is 16.5. The van der Waals surface area contributed by atoms with Crippen molar-refractivity contribution < 1.29 is 14.3 Å². The summed E-state index contributed by atoms with van der Waals surface area (Å²) in [6.45, 7) is 7.22. The molecule has 4 aromatic rings. The van der Waals surface area contributed by atoms with Crippen molar-refractivity contribution >= 4 is 16.9 Å².